The van der Waals surface area contributed by atoms with Crippen LogP contribution in [0.25, 0.3) is 0 Å². The van der Waals surface area contributed by atoms with E-state index < -0.39 is 23.9 Å². The van der Waals surface area contributed by atoms with Gasteiger partial charge in [-0.3, -0.25) is 4.79 Å². The predicted octanol–water partition coefficient (Wildman–Crippen LogP) is 4.71. The number of aliphatic carboxylic acids is 1. The molecule has 1 fully saturated rings. The summed E-state index contributed by atoms with van der Waals surface area (Å²) in [6, 6.07) is 10.9. The molecule has 0 heterocycles. The number of amides is 3. The van der Waals surface area contributed by atoms with Crippen molar-refractivity contribution in [2.45, 2.75) is 52.0 Å². The van der Waals surface area contributed by atoms with Gasteiger partial charge in [-0.05, 0) is 55.9 Å². The molecule has 0 saturated heterocycles. The maximum atomic E-state index is 12.9. The van der Waals surface area contributed by atoms with E-state index in [1.165, 1.54) is 0 Å². The maximum absolute atomic E-state index is 12.9. The highest BCUT2D eigenvalue weighted by molar-refractivity contribution is 6.07. The molecular weight excluding hydrogens is 394 g/mol. The van der Waals surface area contributed by atoms with E-state index in [0.29, 0.717) is 11.4 Å². The van der Waals surface area contributed by atoms with E-state index in [-0.39, 0.29) is 11.5 Å². The smallest absolute Gasteiger partial charge is 0.326 e. The Balaban J connectivity index is 1.73. The van der Waals surface area contributed by atoms with Crippen molar-refractivity contribution in [3.63, 3.8) is 0 Å². The number of hydrogen-bond donors (Lipinski definition) is 4. The minimum Gasteiger partial charge on any atom is -0.480 e. The molecular formula is C24H29N3O4. The largest absolute Gasteiger partial charge is 0.480 e. The highest BCUT2D eigenvalue weighted by Gasteiger charge is 2.31. The summed E-state index contributed by atoms with van der Waals surface area (Å²) in [5, 5.41) is 17.9. The molecule has 0 spiro atoms. The summed E-state index contributed by atoms with van der Waals surface area (Å²) in [5.41, 5.74) is 3.11. The zero-order valence-corrected chi connectivity index (χ0v) is 17.9. The van der Waals surface area contributed by atoms with Crippen LogP contribution in [0.1, 0.15) is 53.6 Å². The van der Waals surface area contributed by atoms with E-state index in [4.69, 9.17) is 0 Å². The number of para-hydroxylation sites is 2. The molecule has 4 N–H and O–H groups in total. The van der Waals surface area contributed by atoms with Crippen molar-refractivity contribution in [3.05, 3.63) is 59.2 Å². The number of rotatable bonds is 6. The molecule has 2 aromatic rings. The molecule has 7 heteroatoms. The van der Waals surface area contributed by atoms with Gasteiger partial charge in [-0.2, -0.15) is 0 Å². The third-order valence-electron chi connectivity index (χ3n) is 5.81. The van der Waals surface area contributed by atoms with Gasteiger partial charge in [-0.1, -0.05) is 49.6 Å². The lowest BCUT2D eigenvalue weighted by molar-refractivity contribution is -0.141. The van der Waals surface area contributed by atoms with E-state index in [1.807, 2.05) is 32.0 Å². The van der Waals surface area contributed by atoms with Gasteiger partial charge in [0.1, 0.15) is 6.04 Å². The van der Waals surface area contributed by atoms with Crippen LogP contribution in [0.4, 0.5) is 16.2 Å². The fourth-order valence-corrected chi connectivity index (χ4v) is 4.14. The second-order valence-electron chi connectivity index (χ2n) is 8.08. The molecule has 2 aromatic carbocycles. The summed E-state index contributed by atoms with van der Waals surface area (Å²) >= 11 is 0. The van der Waals surface area contributed by atoms with E-state index in [9.17, 15) is 19.5 Å². The fourth-order valence-electron chi connectivity index (χ4n) is 4.14. The highest BCUT2D eigenvalue weighted by Crippen LogP contribution is 2.27. The van der Waals surface area contributed by atoms with Crippen LogP contribution in [0.3, 0.4) is 0 Å². The lowest BCUT2D eigenvalue weighted by Gasteiger charge is -2.28. The number of nitrogens with one attached hydrogen (secondary N) is 3. The number of carboxylic acid groups (broad SMARTS) is 1. The number of carboxylic acids is 1. The molecule has 0 aromatic heterocycles. The topological polar surface area (TPSA) is 108 Å². The Labute approximate surface area is 182 Å². The Morgan fingerprint density at radius 1 is 0.903 bits per heavy atom. The van der Waals surface area contributed by atoms with E-state index in [1.54, 1.807) is 24.3 Å². The molecule has 0 radical (unpaired) electrons. The zero-order valence-electron chi connectivity index (χ0n) is 17.9. The van der Waals surface area contributed by atoms with Crippen LogP contribution in [0.2, 0.25) is 0 Å². The van der Waals surface area contributed by atoms with Gasteiger partial charge in [0, 0.05) is 5.69 Å². The number of hydrogen-bond acceptors (Lipinski definition) is 3. The van der Waals surface area contributed by atoms with E-state index in [2.05, 4.69) is 16.0 Å². The molecule has 3 rings (SSSR count). The van der Waals surface area contributed by atoms with E-state index >= 15 is 0 Å². The number of aryl methyl sites for hydroxylation is 2. The Bertz CT molecular complexity index is 947. The van der Waals surface area contributed by atoms with Crippen molar-refractivity contribution < 1.29 is 19.5 Å². The monoisotopic (exact) mass is 423 g/mol. The number of carbonyl (C=O) groups excluding carboxylic acids is 2. The van der Waals surface area contributed by atoms with Crippen LogP contribution in [0.5, 0.6) is 0 Å². The van der Waals surface area contributed by atoms with Gasteiger partial charge in [0.2, 0.25) is 0 Å². The van der Waals surface area contributed by atoms with Crippen LogP contribution in [0, 0.1) is 19.8 Å². The molecule has 0 aliphatic heterocycles. The van der Waals surface area contributed by atoms with Crippen LogP contribution >= 0.6 is 0 Å². The maximum Gasteiger partial charge on any atom is 0.326 e. The van der Waals surface area contributed by atoms with Gasteiger partial charge < -0.3 is 21.1 Å². The summed E-state index contributed by atoms with van der Waals surface area (Å²) in [5.74, 6) is -1.62. The van der Waals surface area contributed by atoms with Crippen LogP contribution < -0.4 is 16.0 Å². The van der Waals surface area contributed by atoms with Crippen molar-refractivity contribution in [1.82, 2.24) is 5.32 Å². The number of carbonyl (C=O) groups is 3. The Hall–Kier alpha value is -3.35. The quantitative estimate of drug-likeness (QED) is 0.540. The standard InChI is InChI=1S/C24H29N3O4/c1-15-9-8-10-16(2)20(15)27-24(31)25-19-14-7-6-13-18(19)22(28)26-21(23(29)30)17-11-4-3-5-12-17/h6-10,13-14,17,21H,3-5,11-12H2,1-2H3,(H,26,28)(H,29,30)(H2,25,27,31)/t21-/m0/s1. The molecule has 0 unspecified atom stereocenters. The minimum absolute atomic E-state index is 0.0809. The van der Waals surface area contributed by atoms with E-state index in [0.717, 1.165) is 43.2 Å². The van der Waals surface area contributed by atoms with Gasteiger partial charge in [-0.25, -0.2) is 9.59 Å². The summed E-state index contributed by atoms with van der Waals surface area (Å²) in [6.07, 6.45) is 4.62. The Morgan fingerprint density at radius 2 is 1.55 bits per heavy atom. The van der Waals surface area contributed by atoms with Crippen LogP contribution in [-0.4, -0.2) is 29.1 Å². The first-order chi connectivity index (χ1) is 14.9. The fraction of sp³-hybridized carbons (Fsp3) is 0.375. The normalized spacial score (nSPS) is 15.0. The predicted molar refractivity (Wildman–Crippen MR) is 120 cm³/mol. The first-order valence-electron chi connectivity index (χ1n) is 10.6. The lowest BCUT2D eigenvalue weighted by atomic mass is 9.84. The van der Waals surface area contributed by atoms with Gasteiger partial charge in [0.15, 0.2) is 0 Å². The molecule has 3 amide bonds. The Morgan fingerprint density at radius 3 is 2.19 bits per heavy atom. The van der Waals surface area contributed by atoms with Crippen molar-refractivity contribution >= 4 is 29.3 Å². The summed E-state index contributed by atoms with van der Waals surface area (Å²) in [7, 11) is 0. The van der Waals surface area contributed by atoms with Crippen molar-refractivity contribution in [1.29, 1.82) is 0 Å². The highest BCUT2D eigenvalue weighted by atomic mass is 16.4. The molecule has 1 saturated carbocycles. The molecule has 1 aliphatic rings. The molecule has 1 atom stereocenters. The van der Waals surface area contributed by atoms with Gasteiger partial charge in [-0.15, -0.1) is 0 Å². The first kappa shape index (κ1) is 22.3. The third kappa shape index (κ3) is 5.63. The van der Waals surface area contributed by atoms with Gasteiger partial charge in [0.05, 0.1) is 11.3 Å². The number of anilines is 2. The van der Waals surface area contributed by atoms with Gasteiger partial charge >= 0.3 is 12.0 Å². The van der Waals surface area contributed by atoms with Crippen LogP contribution in [0.15, 0.2) is 42.5 Å². The molecule has 31 heavy (non-hydrogen) atoms. The summed E-state index contributed by atoms with van der Waals surface area (Å²) in [6.45, 7) is 3.81. The lowest BCUT2D eigenvalue weighted by Crippen LogP contribution is -2.46. The molecule has 7 nitrogen and oxygen atoms in total. The van der Waals surface area contributed by atoms with Crippen molar-refractivity contribution in [3.8, 4) is 0 Å². The SMILES string of the molecule is Cc1cccc(C)c1NC(=O)Nc1ccccc1C(=O)N[C@H](C(=O)O)C1CCCCC1. The molecule has 0 bridgehead atoms. The summed E-state index contributed by atoms with van der Waals surface area (Å²) < 4.78 is 0. The van der Waals surface area contributed by atoms with Gasteiger partial charge in [0.25, 0.3) is 5.91 Å². The number of benzene rings is 2. The van der Waals surface area contributed by atoms with Crippen LogP contribution in [-0.2, 0) is 4.79 Å². The number of urea groups is 1. The summed E-state index contributed by atoms with van der Waals surface area (Å²) in [4.78, 5) is 37.3. The average molecular weight is 424 g/mol. The Kier molecular flexibility index (Phi) is 7.28. The third-order valence-corrected chi connectivity index (χ3v) is 5.81. The minimum atomic E-state index is -1.03. The second-order valence-corrected chi connectivity index (χ2v) is 8.08. The van der Waals surface area contributed by atoms with Crippen molar-refractivity contribution in [2.24, 2.45) is 5.92 Å². The first-order valence-corrected chi connectivity index (χ1v) is 10.6. The molecule has 1 aliphatic carbocycles. The molecule has 164 valence electrons. The van der Waals surface area contributed by atoms with Crippen molar-refractivity contribution in [2.75, 3.05) is 10.6 Å². The zero-order chi connectivity index (χ0) is 22.4. The average Bonchev–Trinajstić information content (AvgIpc) is 2.75. The second kappa shape index (κ2) is 10.1.